The topological polar surface area (TPSA) is 71.7 Å². The molecule has 0 fully saturated rings. The molecule has 5 heteroatoms. The third kappa shape index (κ3) is 3.67. The molecule has 0 saturated carbocycles. The van der Waals surface area contributed by atoms with Crippen LogP contribution in [0.15, 0.2) is 34.7 Å². The van der Waals surface area contributed by atoms with Gasteiger partial charge in [-0.2, -0.15) is 0 Å². The maximum atomic E-state index is 12.5. The first-order valence-corrected chi connectivity index (χ1v) is 7.39. The van der Waals surface area contributed by atoms with Crippen molar-refractivity contribution in [1.82, 2.24) is 5.32 Å². The van der Waals surface area contributed by atoms with Crippen LogP contribution in [-0.2, 0) is 9.53 Å². The molecule has 5 nitrogen and oxygen atoms in total. The van der Waals surface area contributed by atoms with Gasteiger partial charge in [0.05, 0.1) is 18.1 Å². The molecule has 22 heavy (non-hydrogen) atoms. The number of furan rings is 1. The zero-order valence-corrected chi connectivity index (χ0v) is 13.3. The van der Waals surface area contributed by atoms with Gasteiger partial charge in [0, 0.05) is 19.1 Å². The Morgan fingerprint density at radius 1 is 1.45 bits per heavy atom. The molecule has 0 aliphatic rings. The van der Waals surface area contributed by atoms with E-state index in [0.29, 0.717) is 18.8 Å². The fourth-order valence-electron chi connectivity index (χ4n) is 2.49. The average Bonchev–Trinajstić information content (AvgIpc) is 2.90. The number of benzene rings is 1. The van der Waals surface area contributed by atoms with Crippen LogP contribution in [0, 0.1) is 0 Å². The van der Waals surface area contributed by atoms with Gasteiger partial charge in [0.2, 0.25) is 5.91 Å². The minimum Gasteiger partial charge on any atom is -0.460 e. The van der Waals surface area contributed by atoms with Crippen LogP contribution in [-0.4, -0.2) is 36.9 Å². The van der Waals surface area contributed by atoms with Crippen molar-refractivity contribution in [3.8, 4) is 0 Å². The molecular formula is C17H23NO4. The van der Waals surface area contributed by atoms with Crippen LogP contribution in [0.1, 0.15) is 31.9 Å². The van der Waals surface area contributed by atoms with Crippen molar-refractivity contribution in [2.45, 2.75) is 31.7 Å². The lowest BCUT2D eigenvalue weighted by Gasteiger charge is -2.30. The van der Waals surface area contributed by atoms with Crippen molar-refractivity contribution < 1.29 is 19.1 Å². The highest BCUT2D eigenvalue weighted by atomic mass is 16.5. The summed E-state index contributed by atoms with van der Waals surface area (Å²) in [6.45, 7) is 3.99. The van der Waals surface area contributed by atoms with Gasteiger partial charge in [0.1, 0.15) is 11.3 Å². The molecule has 0 bridgehead atoms. The summed E-state index contributed by atoms with van der Waals surface area (Å²) in [5.41, 5.74) is 0.174. The number of hydrogen-bond donors (Lipinski definition) is 2. The molecule has 1 aromatic heterocycles. The van der Waals surface area contributed by atoms with Gasteiger partial charge in [-0.3, -0.25) is 4.79 Å². The van der Waals surface area contributed by atoms with E-state index in [0.717, 1.165) is 11.0 Å². The van der Waals surface area contributed by atoms with Gasteiger partial charge >= 0.3 is 0 Å². The van der Waals surface area contributed by atoms with Crippen LogP contribution in [0.25, 0.3) is 11.0 Å². The van der Waals surface area contributed by atoms with Crippen LogP contribution >= 0.6 is 0 Å². The first kappa shape index (κ1) is 16.5. The lowest BCUT2D eigenvalue weighted by atomic mass is 9.97. The number of nitrogens with one attached hydrogen (secondary N) is 1. The summed E-state index contributed by atoms with van der Waals surface area (Å²) in [5.74, 6) is 0.0665. The fourth-order valence-corrected chi connectivity index (χ4v) is 2.49. The number of carbonyl (C=O) groups is 1. The van der Waals surface area contributed by atoms with Gasteiger partial charge in [-0.15, -0.1) is 0 Å². The summed E-state index contributed by atoms with van der Waals surface area (Å²) in [4.78, 5) is 12.5. The Bertz CT molecular complexity index is 595. The number of carbonyl (C=O) groups excluding carboxylic acids is 1. The first-order valence-electron chi connectivity index (χ1n) is 7.39. The Morgan fingerprint density at radius 2 is 2.18 bits per heavy atom. The number of amides is 1. The molecule has 2 aromatic rings. The normalized spacial score (nSPS) is 15.5. The quantitative estimate of drug-likeness (QED) is 0.824. The van der Waals surface area contributed by atoms with E-state index in [9.17, 15) is 4.79 Å². The SMILES string of the molecule is COCC(C)(CCO)NC(=O)C(C)c1cc2ccccc2o1. The van der Waals surface area contributed by atoms with Crippen molar-refractivity contribution in [2.24, 2.45) is 0 Å². The number of para-hydroxylation sites is 1. The molecule has 0 spiro atoms. The van der Waals surface area contributed by atoms with Crippen molar-refractivity contribution in [1.29, 1.82) is 0 Å². The van der Waals surface area contributed by atoms with E-state index in [4.69, 9.17) is 14.3 Å². The minimum atomic E-state index is -0.596. The summed E-state index contributed by atoms with van der Waals surface area (Å²) < 4.78 is 10.9. The second kappa shape index (κ2) is 6.94. The van der Waals surface area contributed by atoms with Gasteiger partial charge in [0.25, 0.3) is 0 Å². The van der Waals surface area contributed by atoms with Crippen LogP contribution in [0.5, 0.6) is 0 Å². The number of fused-ring (bicyclic) bond motifs is 1. The molecule has 2 N–H and O–H groups in total. The summed E-state index contributed by atoms with van der Waals surface area (Å²) in [6, 6.07) is 9.55. The summed E-state index contributed by atoms with van der Waals surface area (Å²) in [7, 11) is 1.57. The zero-order valence-electron chi connectivity index (χ0n) is 13.3. The van der Waals surface area contributed by atoms with Gasteiger partial charge in [-0.05, 0) is 32.4 Å². The third-order valence-corrected chi connectivity index (χ3v) is 3.82. The Labute approximate surface area is 130 Å². The molecule has 1 aromatic carbocycles. The van der Waals surface area contributed by atoms with E-state index in [1.54, 1.807) is 14.0 Å². The van der Waals surface area contributed by atoms with Crippen LogP contribution in [0.4, 0.5) is 0 Å². The maximum absolute atomic E-state index is 12.5. The Morgan fingerprint density at radius 3 is 2.82 bits per heavy atom. The highest BCUT2D eigenvalue weighted by Crippen LogP contribution is 2.25. The lowest BCUT2D eigenvalue weighted by Crippen LogP contribution is -2.51. The molecule has 1 heterocycles. The van der Waals surface area contributed by atoms with Gasteiger partial charge in [-0.25, -0.2) is 0 Å². The van der Waals surface area contributed by atoms with E-state index in [2.05, 4.69) is 5.32 Å². The Balaban J connectivity index is 2.13. The standard InChI is InChI=1S/C17H23NO4/c1-12(15-10-13-6-4-5-7-14(13)22-15)16(20)18-17(2,8-9-19)11-21-3/h4-7,10,12,19H,8-9,11H2,1-3H3,(H,18,20). The van der Waals surface area contributed by atoms with Gasteiger partial charge in [-0.1, -0.05) is 18.2 Å². The number of hydrogen-bond acceptors (Lipinski definition) is 4. The van der Waals surface area contributed by atoms with Crippen molar-refractivity contribution >= 4 is 16.9 Å². The third-order valence-electron chi connectivity index (χ3n) is 3.82. The minimum absolute atomic E-state index is 0.0147. The molecule has 1 amide bonds. The summed E-state index contributed by atoms with van der Waals surface area (Å²) in [6.07, 6.45) is 0.430. The lowest BCUT2D eigenvalue weighted by molar-refractivity contribution is -0.125. The summed E-state index contributed by atoms with van der Waals surface area (Å²) >= 11 is 0. The molecule has 2 rings (SSSR count). The van der Waals surface area contributed by atoms with Gasteiger partial charge in [0.15, 0.2) is 0 Å². The number of ether oxygens (including phenoxy) is 1. The monoisotopic (exact) mass is 305 g/mol. The molecule has 0 aliphatic carbocycles. The van der Waals surface area contributed by atoms with E-state index >= 15 is 0 Å². The highest BCUT2D eigenvalue weighted by Gasteiger charge is 2.29. The Hall–Kier alpha value is -1.85. The van der Waals surface area contributed by atoms with Crippen LogP contribution in [0.2, 0.25) is 0 Å². The first-order chi connectivity index (χ1) is 10.5. The van der Waals surface area contributed by atoms with E-state index in [1.807, 2.05) is 37.3 Å². The van der Waals surface area contributed by atoms with E-state index in [-0.39, 0.29) is 12.5 Å². The second-order valence-electron chi connectivity index (χ2n) is 5.86. The van der Waals surface area contributed by atoms with Crippen molar-refractivity contribution in [3.63, 3.8) is 0 Å². The fraction of sp³-hybridized carbons (Fsp3) is 0.471. The van der Waals surface area contributed by atoms with Gasteiger partial charge < -0.3 is 19.6 Å². The smallest absolute Gasteiger partial charge is 0.230 e. The predicted octanol–water partition coefficient (Wildman–Crippen LogP) is 2.44. The van der Waals surface area contributed by atoms with Crippen molar-refractivity contribution in [2.75, 3.05) is 20.3 Å². The van der Waals surface area contributed by atoms with Crippen molar-refractivity contribution in [3.05, 3.63) is 36.1 Å². The molecule has 120 valence electrons. The summed E-state index contributed by atoms with van der Waals surface area (Å²) in [5, 5.41) is 13.1. The number of rotatable bonds is 7. The number of methoxy groups -OCH3 is 1. The highest BCUT2D eigenvalue weighted by molar-refractivity contribution is 5.85. The number of aliphatic hydroxyl groups is 1. The van der Waals surface area contributed by atoms with Crippen LogP contribution < -0.4 is 5.32 Å². The molecular weight excluding hydrogens is 282 g/mol. The molecule has 2 atom stereocenters. The maximum Gasteiger partial charge on any atom is 0.230 e. The van der Waals surface area contributed by atoms with E-state index in [1.165, 1.54) is 0 Å². The molecule has 0 aliphatic heterocycles. The predicted molar refractivity (Wildman–Crippen MR) is 84.8 cm³/mol. The van der Waals surface area contributed by atoms with E-state index < -0.39 is 11.5 Å². The average molecular weight is 305 g/mol. The Kier molecular flexibility index (Phi) is 5.21. The second-order valence-corrected chi connectivity index (χ2v) is 5.86. The largest absolute Gasteiger partial charge is 0.460 e. The zero-order chi connectivity index (χ0) is 16.2. The molecule has 0 radical (unpaired) electrons. The molecule has 0 saturated heterocycles. The number of aliphatic hydroxyl groups excluding tert-OH is 1. The molecule has 2 unspecified atom stereocenters. The van der Waals surface area contributed by atoms with Crippen LogP contribution in [0.3, 0.4) is 0 Å².